The first-order valence-corrected chi connectivity index (χ1v) is 7.25. The van der Waals surface area contributed by atoms with Crippen molar-refractivity contribution in [1.29, 1.82) is 0 Å². The normalized spacial score (nSPS) is 20.6. The first kappa shape index (κ1) is 15.6. The molecule has 1 fully saturated rings. The van der Waals surface area contributed by atoms with Crippen LogP contribution in [0.4, 0.5) is 4.79 Å². The fourth-order valence-electron chi connectivity index (χ4n) is 1.71. The van der Waals surface area contributed by atoms with E-state index in [0.717, 1.165) is 16.4 Å². The van der Waals surface area contributed by atoms with Gasteiger partial charge in [-0.05, 0) is 12.7 Å². The number of amides is 3. The number of carboxylic acids is 1. The van der Waals surface area contributed by atoms with Gasteiger partial charge in [0.05, 0.1) is 0 Å². The van der Waals surface area contributed by atoms with Crippen molar-refractivity contribution in [1.82, 2.24) is 15.5 Å². The minimum atomic E-state index is -1.12. The summed E-state index contributed by atoms with van der Waals surface area (Å²) >= 11 is 1.68. The number of urea groups is 1. The van der Waals surface area contributed by atoms with E-state index in [1.165, 1.54) is 0 Å². The van der Waals surface area contributed by atoms with Crippen LogP contribution in [0.1, 0.15) is 13.8 Å². The number of carbonyl (C=O) groups excluding carboxylic acids is 2. The Kier molecular flexibility index (Phi) is 5.94. The lowest BCUT2D eigenvalue weighted by Crippen LogP contribution is -2.62. The van der Waals surface area contributed by atoms with Crippen LogP contribution < -0.4 is 10.6 Å². The van der Waals surface area contributed by atoms with Gasteiger partial charge in [-0.25, -0.2) is 9.59 Å². The summed E-state index contributed by atoms with van der Waals surface area (Å²) in [6, 6.07) is -1.59. The summed E-state index contributed by atoms with van der Waals surface area (Å²) in [6.45, 7) is 3.59. The van der Waals surface area contributed by atoms with Crippen LogP contribution >= 0.6 is 11.8 Å². The van der Waals surface area contributed by atoms with Gasteiger partial charge in [-0.2, -0.15) is 11.8 Å². The number of nitrogens with zero attached hydrogens (tertiary/aromatic N) is 1. The van der Waals surface area contributed by atoms with Crippen molar-refractivity contribution < 1.29 is 19.5 Å². The first-order chi connectivity index (χ1) is 8.95. The average molecular weight is 289 g/mol. The van der Waals surface area contributed by atoms with E-state index in [1.54, 1.807) is 11.8 Å². The Labute approximate surface area is 116 Å². The van der Waals surface area contributed by atoms with Crippen molar-refractivity contribution in [3.05, 3.63) is 0 Å². The number of carboxylic acid groups (broad SMARTS) is 1. The van der Waals surface area contributed by atoms with Crippen molar-refractivity contribution in [2.75, 3.05) is 24.6 Å². The Bertz CT molecular complexity index is 364. The van der Waals surface area contributed by atoms with E-state index in [-0.39, 0.29) is 25.0 Å². The zero-order valence-electron chi connectivity index (χ0n) is 11.0. The number of nitrogens with one attached hydrogen (secondary N) is 2. The van der Waals surface area contributed by atoms with Gasteiger partial charge in [0, 0.05) is 18.3 Å². The summed E-state index contributed by atoms with van der Waals surface area (Å²) in [5.74, 6) is 0.235. The number of hydrogen-bond acceptors (Lipinski definition) is 4. The minimum Gasteiger partial charge on any atom is -0.480 e. The molecule has 1 aliphatic heterocycles. The SMILES string of the molecule is CCSCC(C)NC(=O)N1CC(=O)NCC1C(=O)O. The Balaban J connectivity index is 2.60. The summed E-state index contributed by atoms with van der Waals surface area (Å²) in [7, 11) is 0. The molecule has 8 heteroatoms. The molecule has 0 aliphatic carbocycles. The smallest absolute Gasteiger partial charge is 0.328 e. The maximum Gasteiger partial charge on any atom is 0.328 e. The highest BCUT2D eigenvalue weighted by Gasteiger charge is 2.35. The largest absolute Gasteiger partial charge is 0.480 e. The lowest BCUT2D eigenvalue weighted by Gasteiger charge is -2.33. The lowest BCUT2D eigenvalue weighted by atomic mass is 10.2. The second kappa shape index (κ2) is 7.22. The molecule has 19 heavy (non-hydrogen) atoms. The summed E-state index contributed by atoms with van der Waals surface area (Å²) in [5.41, 5.74) is 0. The third-order valence-corrected chi connectivity index (χ3v) is 3.81. The summed E-state index contributed by atoms with van der Waals surface area (Å²) in [4.78, 5) is 35.4. The van der Waals surface area contributed by atoms with E-state index < -0.39 is 18.0 Å². The van der Waals surface area contributed by atoms with Gasteiger partial charge in [0.15, 0.2) is 0 Å². The molecular formula is C11H19N3O4S. The molecule has 0 aromatic carbocycles. The maximum atomic E-state index is 12.0. The van der Waals surface area contributed by atoms with Crippen LogP contribution in [-0.4, -0.2) is 64.6 Å². The second-order valence-corrected chi connectivity index (χ2v) is 5.61. The van der Waals surface area contributed by atoms with Crippen molar-refractivity contribution in [3.63, 3.8) is 0 Å². The van der Waals surface area contributed by atoms with Crippen LogP contribution in [0.15, 0.2) is 0 Å². The quantitative estimate of drug-likeness (QED) is 0.646. The Morgan fingerprint density at radius 1 is 1.63 bits per heavy atom. The molecule has 1 aliphatic rings. The van der Waals surface area contributed by atoms with Gasteiger partial charge < -0.3 is 15.7 Å². The monoisotopic (exact) mass is 289 g/mol. The molecule has 0 aromatic rings. The van der Waals surface area contributed by atoms with Crippen molar-refractivity contribution in [3.8, 4) is 0 Å². The highest BCUT2D eigenvalue weighted by molar-refractivity contribution is 7.99. The molecule has 0 radical (unpaired) electrons. The number of rotatable bonds is 5. The Morgan fingerprint density at radius 3 is 2.89 bits per heavy atom. The number of hydrogen-bond donors (Lipinski definition) is 3. The molecule has 3 amide bonds. The molecule has 0 bridgehead atoms. The standard InChI is InChI=1S/C11H19N3O4S/c1-3-19-6-7(2)13-11(18)14-5-9(15)12-4-8(14)10(16)17/h7-8H,3-6H2,1-2H3,(H,12,15)(H,13,18)(H,16,17). The first-order valence-electron chi connectivity index (χ1n) is 6.10. The van der Waals surface area contributed by atoms with E-state index in [1.807, 2.05) is 13.8 Å². The van der Waals surface area contributed by atoms with Gasteiger partial charge in [-0.1, -0.05) is 6.92 Å². The number of thioether (sulfide) groups is 1. The second-order valence-electron chi connectivity index (χ2n) is 4.30. The third kappa shape index (κ3) is 4.62. The van der Waals surface area contributed by atoms with Crippen LogP contribution in [0.3, 0.4) is 0 Å². The van der Waals surface area contributed by atoms with Crippen LogP contribution in [0.25, 0.3) is 0 Å². The van der Waals surface area contributed by atoms with Crippen molar-refractivity contribution in [2.24, 2.45) is 0 Å². The maximum absolute atomic E-state index is 12.0. The van der Waals surface area contributed by atoms with Gasteiger partial charge in [0.1, 0.15) is 12.6 Å². The van der Waals surface area contributed by atoms with Gasteiger partial charge in [0.25, 0.3) is 0 Å². The van der Waals surface area contributed by atoms with Crippen molar-refractivity contribution in [2.45, 2.75) is 25.9 Å². The number of piperazine rings is 1. The van der Waals surface area contributed by atoms with Gasteiger partial charge in [-0.15, -0.1) is 0 Å². The fourth-order valence-corrected chi connectivity index (χ4v) is 2.38. The molecular weight excluding hydrogens is 270 g/mol. The van der Waals surface area contributed by atoms with E-state index in [2.05, 4.69) is 10.6 Å². The predicted molar refractivity (Wildman–Crippen MR) is 72.1 cm³/mol. The molecule has 0 spiro atoms. The van der Waals surface area contributed by atoms with E-state index in [0.29, 0.717) is 0 Å². The number of carbonyl (C=O) groups is 3. The van der Waals surface area contributed by atoms with Crippen LogP contribution in [0.5, 0.6) is 0 Å². The van der Waals surface area contributed by atoms with E-state index >= 15 is 0 Å². The number of aliphatic carboxylic acids is 1. The lowest BCUT2D eigenvalue weighted by molar-refractivity contribution is -0.144. The van der Waals surface area contributed by atoms with Gasteiger partial charge in [0.2, 0.25) is 5.91 Å². The molecule has 1 saturated heterocycles. The summed E-state index contributed by atoms with van der Waals surface area (Å²) in [5, 5.41) is 14.2. The van der Waals surface area contributed by atoms with Crippen LogP contribution in [0, 0.1) is 0 Å². The molecule has 2 atom stereocenters. The summed E-state index contributed by atoms with van der Waals surface area (Å²) < 4.78 is 0. The molecule has 0 saturated carbocycles. The minimum absolute atomic E-state index is 0.0559. The van der Waals surface area contributed by atoms with Crippen LogP contribution in [0.2, 0.25) is 0 Å². The third-order valence-electron chi connectivity index (χ3n) is 2.67. The van der Waals surface area contributed by atoms with E-state index in [9.17, 15) is 14.4 Å². The molecule has 1 heterocycles. The Hall–Kier alpha value is -1.44. The molecule has 108 valence electrons. The average Bonchev–Trinajstić information content (AvgIpc) is 2.35. The summed E-state index contributed by atoms with van der Waals surface area (Å²) in [6.07, 6.45) is 0. The zero-order valence-corrected chi connectivity index (χ0v) is 11.8. The Morgan fingerprint density at radius 2 is 2.32 bits per heavy atom. The highest BCUT2D eigenvalue weighted by atomic mass is 32.2. The molecule has 7 nitrogen and oxygen atoms in total. The topological polar surface area (TPSA) is 98.7 Å². The van der Waals surface area contributed by atoms with Gasteiger partial charge >= 0.3 is 12.0 Å². The molecule has 0 aromatic heterocycles. The van der Waals surface area contributed by atoms with E-state index in [4.69, 9.17) is 5.11 Å². The highest BCUT2D eigenvalue weighted by Crippen LogP contribution is 2.07. The zero-order chi connectivity index (χ0) is 14.4. The van der Waals surface area contributed by atoms with Crippen LogP contribution in [-0.2, 0) is 9.59 Å². The fraction of sp³-hybridized carbons (Fsp3) is 0.727. The molecule has 1 rings (SSSR count). The molecule has 3 N–H and O–H groups in total. The molecule has 2 unspecified atom stereocenters. The van der Waals surface area contributed by atoms with Crippen molar-refractivity contribution >= 4 is 29.7 Å². The van der Waals surface area contributed by atoms with Gasteiger partial charge in [-0.3, -0.25) is 9.69 Å². The predicted octanol–water partition coefficient (Wildman–Crippen LogP) is -0.277.